The molecule has 132 valence electrons. The third-order valence-electron chi connectivity index (χ3n) is 4.15. The number of methoxy groups -OCH3 is 2. The summed E-state index contributed by atoms with van der Waals surface area (Å²) in [5.41, 5.74) is 0.568. The normalized spacial score (nSPS) is 16.4. The van der Waals surface area contributed by atoms with Crippen LogP contribution in [0.1, 0.15) is 6.42 Å². The number of ether oxygens (including phenoxy) is 2. The second-order valence-corrected chi connectivity index (χ2v) is 5.76. The first-order chi connectivity index (χ1) is 12.2. The Kier molecular flexibility index (Phi) is 5.23. The molecule has 25 heavy (non-hydrogen) atoms. The number of benzene rings is 1. The van der Waals surface area contributed by atoms with Gasteiger partial charge < -0.3 is 25.0 Å². The second-order valence-electron chi connectivity index (χ2n) is 5.76. The molecule has 2 N–H and O–H groups in total. The molecular weight excluding hydrogens is 320 g/mol. The maximum atomic E-state index is 12.3. The van der Waals surface area contributed by atoms with Gasteiger partial charge in [0, 0.05) is 25.3 Å². The summed E-state index contributed by atoms with van der Waals surface area (Å²) in [5.74, 6) is 2.01. The number of nitrogens with one attached hydrogen (secondary N) is 2. The molecule has 0 radical (unpaired) electrons. The van der Waals surface area contributed by atoms with E-state index in [2.05, 4.69) is 20.5 Å². The third kappa shape index (κ3) is 3.93. The highest BCUT2D eigenvalue weighted by molar-refractivity contribution is 5.91. The van der Waals surface area contributed by atoms with Crippen molar-refractivity contribution in [3.63, 3.8) is 0 Å². The van der Waals surface area contributed by atoms with Crippen LogP contribution in [-0.4, -0.2) is 44.4 Å². The van der Waals surface area contributed by atoms with Crippen LogP contribution in [-0.2, 0) is 0 Å². The van der Waals surface area contributed by atoms with Gasteiger partial charge >= 0.3 is 6.03 Å². The van der Waals surface area contributed by atoms with Crippen LogP contribution in [0.15, 0.2) is 42.6 Å². The molecule has 7 nitrogen and oxygen atoms in total. The van der Waals surface area contributed by atoms with Crippen molar-refractivity contribution in [2.24, 2.45) is 0 Å². The van der Waals surface area contributed by atoms with E-state index in [9.17, 15) is 4.79 Å². The summed E-state index contributed by atoms with van der Waals surface area (Å²) >= 11 is 0. The number of urea groups is 1. The van der Waals surface area contributed by atoms with Gasteiger partial charge in [-0.1, -0.05) is 12.1 Å². The predicted molar refractivity (Wildman–Crippen MR) is 96.6 cm³/mol. The number of pyridine rings is 1. The number of hydrogen-bond acceptors (Lipinski definition) is 5. The van der Waals surface area contributed by atoms with Gasteiger partial charge in [0.15, 0.2) is 11.5 Å². The molecule has 0 unspecified atom stereocenters. The van der Waals surface area contributed by atoms with Crippen molar-refractivity contribution in [2.45, 2.75) is 12.5 Å². The second kappa shape index (κ2) is 7.74. The lowest BCUT2D eigenvalue weighted by molar-refractivity contribution is 0.249. The first-order valence-electron chi connectivity index (χ1n) is 8.15. The van der Waals surface area contributed by atoms with Gasteiger partial charge in [-0.15, -0.1) is 0 Å². The van der Waals surface area contributed by atoms with Gasteiger partial charge in [-0.25, -0.2) is 9.78 Å². The first kappa shape index (κ1) is 16.9. The zero-order valence-electron chi connectivity index (χ0n) is 14.4. The van der Waals surface area contributed by atoms with Gasteiger partial charge in [-0.3, -0.25) is 0 Å². The van der Waals surface area contributed by atoms with Crippen LogP contribution in [0, 0.1) is 0 Å². The lowest BCUT2D eigenvalue weighted by atomic mass is 10.2. The zero-order valence-corrected chi connectivity index (χ0v) is 14.4. The monoisotopic (exact) mass is 342 g/mol. The fourth-order valence-electron chi connectivity index (χ4n) is 2.96. The molecule has 3 rings (SSSR count). The number of amides is 2. The molecule has 2 aromatic rings. The zero-order chi connectivity index (χ0) is 17.6. The number of aromatic nitrogens is 1. The number of anilines is 2. The molecule has 0 saturated carbocycles. The number of nitrogens with zero attached hydrogens (tertiary/aromatic N) is 2. The van der Waals surface area contributed by atoms with E-state index in [1.54, 1.807) is 38.6 Å². The SMILES string of the molecule is COc1cccc(NC(=O)N[C@H]2CCN(c3ccccn3)C2)c1OC. The summed E-state index contributed by atoms with van der Waals surface area (Å²) in [4.78, 5) is 18.8. The Hall–Kier alpha value is -2.96. The smallest absolute Gasteiger partial charge is 0.319 e. The van der Waals surface area contributed by atoms with E-state index >= 15 is 0 Å². The molecule has 1 aromatic carbocycles. The summed E-state index contributed by atoms with van der Waals surface area (Å²) in [6.45, 7) is 1.60. The number of rotatable bonds is 5. The molecule has 1 atom stereocenters. The minimum Gasteiger partial charge on any atom is -0.493 e. The molecule has 1 aliphatic heterocycles. The number of para-hydroxylation sites is 1. The minimum atomic E-state index is -0.264. The van der Waals surface area contributed by atoms with Crippen LogP contribution in [0.4, 0.5) is 16.3 Å². The molecular formula is C18H22N4O3. The molecule has 2 amide bonds. The van der Waals surface area contributed by atoms with E-state index in [0.29, 0.717) is 17.2 Å². The molecule has 1 aliphatic rings. The summed E-state index contributed by atoms with van der Waals surface area (Å²) < 4.78 is 10.6. The minimum absolute atomic E-state index is 0.0682. The largest absolute Gasteiger partial charge is 0.493 e. The van der Waals surface area contributed by atoms with Gasteiger partial charge in [-0.05, 0) is 30.7 Å². The predicted octanol–water partition coefficient (Wildman–Crippen LogP) is 2.50. The van der Waals surface area contributed by atoms with Gasteiger partial charge in [0.05, 0.1) is 19.9 Å². The van der Waals surface area contributed by atoms with E-state index in [0.717, 1.165) is 25.3 Å². The van der Waals surface area contributed by atoms with E-state index in [-0.39, 0.29) is 12.1 Å². The first-order valence-corrected chi connectivity index (χ1v) is 8.15. The van der Waals surface area contributed by atoms with E-state index in [4.69, 9.17) is 9.47 Å². The number of hydrogen-bond donors (Lipinski definition) is 2. The van der Waals surface area contributed by atoms with Gasteiger partial charge in [0.2, 0.25) is 0 Å². The maximum absolute atomic E-state index is 12.3. The Morgan fingerprint density at radius 2 is 2.08 bits per heavy atom. The summed E-state index contributed by atoms with van der Waals surface area (Å²) in [7, 11) is 3.11. The summed E-state index contributed by atoms with van der Waals surface area (Å²) in [6.07, 6.45) is 2.65. The average Bonchev–Trinajstić information content (AvgIpc) is 3.10. The highest BCUT2D eigenvalue weighted by Crippen LogP contribution is 2.34. The van der Waals surface area contributed by atoms with Crippen LogP contribution < -0.4 is 25.0 Å². The van der Waals surface area contributed by atoms with Crippen LogP contribution in [0.3, 0.4) is 0 Å². The van der Waals surface area contributed by atoms with Crippen molar-refractivity contribution < 1.29 is 14.3 Å². The molecule has 7 heteroatoms. The third-order valence-corrected chi connectivity index (χ3v) is 4.15. The van der Waals surface area contributed by atoms with Gasteiger partial charge in [-0.2, -0.15) is 0 Å². The molecule has 0 bridgehead atoms. The van der Waals surface area contributed by atoms with E-state index in [1.165, 1.54) is 0 Å². The Morgan fingerprint density at radius 3 is 2.80 bits per heavy atom. The van der Waals surface area contributed by atoms with Gasteiger partial charge in [0.1, 0.15) is 5.82 Å². The fraction of sp³-hybridized carbons (Fsp3) is 0.333. The fourth-order valence-corrected chi connectivity index (χ4v) is 2.96. The Morgan fingerprint density at radius 1 is 1.20 bits per heavy atom. The van der Waals surface area contributed by atoms with Crippen molar-refractivity contribution in [1.82, 2.24) is 10.3 Å². The molecule has 2 heterocycles. The number of carbonyl (C=O) groups is 1. The Bertz CT molecular complexity index is 724. The molecule has 1 fully saturated rings. The molecule has 0 aliphatic carbocycles. The van der Waals surface area contributed by atoms with E-state index in [1.807, 2.05) is 18.2 Å². The van der Waals surface area contributed by atoms with Crippen molar-refractivity contribution in [1.29, 1.82) is 0 Å². The topological polar surface area (TPSA) is 75.7 Å². The molecule has 1 saturated heterocycles. The van der Waals surface area contributed by atoms with Crippen molar-refractivity contribution in [3.05, 3.63) is 42.6 Å². The van der Waals surface area contributed by atoms with E-state index < -0.39 is 0 Å². The molecule has 1 aromatic heterocycles. The quantitative estimate of drug-likeness (QED) is 0.873. The summed E-state index contributed by atoms with van der Waals surface area (Å²) in [6, 6.07) is 11.0. The van der Waals surface area contributed by atoms with Crippen molar-refractivity contribution >= 4 is 17.5 Å². The highest BCUT2D eigenvalue weighted by Gasteiger charge is 2.25. The lowest BCUT2D eigenvalue weighted by Crippen LogP contribution is -2.39. The van der Waals surface area contributed by atoms with Crippen LogP contribution in [0.5, 0.6) is 11.5 Å². The van der Waals surface area contributed by atoms with Crippen molar-refractivity contribution in [2.75, 3.05) is 37.5 Å². The Balaban J connectivity index is 1.59. The Labute approximate surface area is 147 Å². The lowest BCUT2D eigenvalue weighted by Gasteiger charge is -2.18. The van der Waals surface area contributed by atoms with Crippen LogP contribution in [0.2, 0.25) is 0 Å². The van der Waals surface area contributed by atoms with Crippen molar-refractivity contribution in [3.8, 4) is 11.5 Å². The average molecular weight is 342 g/mol. The summed E-state index contributed by atoms with van der Waals surface area (Å²) in [5, 5.41) is 5.83. The van der Waals surface area contributed by atoms with Crippen LogP contribution >= 0.6 is 0 Å². The standard InChI is InChI=1S/C18H22N4O3/c1-24-15-7-5-6-14(17(15)25-2)21-18(23)20-13-9-11-22(12-13)16-8-3-4-10-19-16/h3-8,10,13H,9,11-12H2,1-2H3,(H2,20,21,23)/t13-/m0/s1. The number of carbonyl (C=O) groups excluding carboxylic acids is 1. The highest BCUT2D eigenvalue weighted by atomic mass is 16.5. The molecule has 0 spiro atoms. The maximum Gasteiger partial charge on any atom is 0.319 e. The van der Waals surface area contributed by atoms with Crippen LogP contribution in [0.25, 0.3) is 0 Å². The van der Waals surface area contributed by atoms with Gasteiger partial charge in [0.25, 0.3) is 0 Å².